The highest BCUT2D eigenvalue weighted by atomic mass is 79.9. The Morgan fingerprint density at radius 2 is 1.56 bits per heavy atom. The molecule has 0 fully saturated rings. The molecule has 0 bridgehead atoms. The number of amides is 1. The Hall–Kier alpha value is -3.65. The van der Waals surface area contributed by atoms with Gasteiger partial charge in [0.15, 0.2) is 0 Å². The first-order chi connectivity index (χ1) is 16.5. The van der Waals surface area contributed by atoms with Crippen LogP contribution in [0.2, 0.25) is 0 Å². The molecule has 3 aromatic carbocycles. The van der Waals surface area contributed by atoms with Gasteiger partial charge in [0.25, 0.3) is 5.91 Å². The molecule has 0 saturated carbocycles. The highest BCUT2D eigenvalue weighted by Crippen LogP contribution is 2.23. The van der Waals surface area contributed by atoms with E-state index < -0.39 is 5.97 Å². The summed E-state index contributed by atoms with van der Waals surface area (Å²) in [5.41, 5.74) is 3.81. The Balaban J connectivity index is 1.66. The molecule has 0 spiro atoms. The van der Waals surface area contributed by atoms with Crippen LogP contribution in [0.15, 0.2) is 76.3 Å². The van der Waals surface area contributed by atoms with Gasteiger partial charge in [-0.1, -0.05) is 22.9 Å². The minimum absolute atomic E-state index is 0.304. The molecule has 1 N–H and O–H groups in total. The lowest BCUT2D eigenvalue weighted by Crippen LogP contribution is -2.17. The van der Waals surface area contributed by atoms with Crippen molar-refractivity contribution in [3.05, 3.63) is 87.9 Å². The number of halogens is 1. The molecule has 0 aliphatic heterocycles. The summed E-state index contributed by atoms with van der Waals surface area (Å²) < 4.78 is 17.2. The number of benzene rings is 3. The molecule has 0 saturated heterocycles. The van der Waals surface area contributed by atoms with Crippen molar-refractivity contribution in [1.29, 1.82) is 0 Å². The summed E-state index contributed by atoms with van der Waals surface area (Å²) in [4.78, 5) is 25.0. The van der Waals surface area contributed by atoms with Crippen molar-refractivity contribution < 1.29 is 23.8 Å². The van der Waals surface area contributed by atoms with Crippen molar-refractivity contribution in [1.82, 2.24) is 5.43 Å². The van der Waals surface area contributed by atoms with Gasteiger partial charge in [0, 0.05) is 15.6 Å². The van der Waals surface area contributed by atoms with Gasteiger partial charge >= 0.3 is 5.97 Å². The number of nitrogens with one attached hydrogen (secondary N) is 1. The van der Waals surface area contributed by atoms with Crippen LogP contribution in [0.5, 0.6) is 17.2 Å². The van der Waals surface area contributed by atoms with E-state index in [9.17, 15) is 9.59 Å². The Bertz CT molecular complexity index is 1140. The van der Waals surface area contributed by atoms with Crippen LogP contribution in [0.4, 0.5) is 0 Å². The zero-order chi connectivity index (χ0) is 24.3. The molecular formula is C26H25BrN2O5. The molecule has 0 aliphatic rings. The van der Waals surface area contributed by atoms with E-state index in [-0.39, 0.29) is 5.91 Å². The molecule has 3 rings (SSSR count). The molecule has 0 heterocycles. The van der Waals surface area contributed by atoms with Gasteiger partial charge in [-0.25, -0.2) is 10.2 Å². The summed E-state index contributed by atoms with van der Waals surface area (Å²) in [6, 6.07) is 18.6. The predicted molar refractivity (Wildman–Crippen MR) is 134 cm³/mol. The second-order valence-corrected chi connectivity index (χ2v) is 8.02. The fourth-order valence-electron chi connectivity index (χ4n) is 2.87. The fourth-order valence-corrected chi connectivity index (χ4v) is 3.25. The first-order valence-corrected chi connectivity index (χ1v) is 11.6. The first kappa shape index (κ1) is 25.0. The minimum atomic E-state index is -0.516. The van der Waals surface area contributed by atoms with Gasteiger partial charge in [-0.2, -0.15) is 5.10 Å². The maximum Gasteiger partial charge on any atom is 0.343 e. The lowest BCUT2D eigenvalue weighted by atomic mass is 10.2. The average Bonchev–Trinajstić information content (AvgIpc) is 2.85. The molecule has 0 aromatic heterocycles. The molecule has 0 radical (unpaired) electrons. The molecule has 8 heteroatoms. The van der Waals surface area contributed by atoms with Gasteiger partial charge in [-0.3, -0.25) is 4.79 Å². The van der Waals surface area contributed by atoms with Crippen LogP contribution >= 0.6 is 15.9 Å². The third-order valence-corrected chi connectivity index (χ3v) is 5.03. The van der Waals surface area contributed by atoms with E-state index in [0.717, 1.165) is 10.9 Å². The first-order valence-electron chi connectivity index (χ1n) is 10.8. The van der Waals surface area contributed by atoms with E-state index >= 15 is 0 Å². The summed E-state index contributed by atoms with van der Waals surface area (Å²) >= 11 is 3.40. The van der Waals surface area contributed by atoms with Crippen molar-refractivity contribution in [2.24, 2.45) is 5.10 Å². The van der Waals surface area contributed by atoms with E-state index in [1.165, 1.54) is 6.21 Å². The van der Waals surface area contributed by atoms with Gasteiger partial charge in [0.05, 0.1) is 25.0 Å². The lowest BCUT2D eigenvalue weighted by molar-refractivity contribution is 0.0734. The van der Waals surface area contributed by atoms with Crippen LogP contribution in [-0.2, 0) is 0 Å². The molecule has 0 unspecified atom stereocenters. The zero-order valence-corrected chi connectivity index (χ0v) is 20.5. The topological polar surface area (TPSA) is 86.2 Å². The van der Waals surface area contributed by atoms with E-state index in [0.29, 0.717) is 47.2 Å². The van der Waals surface area contributed by atoms with E-state index in [4.69, 9.17) is 14.2 Å². The number of nitrogens with zero attached hydrogens (tertiary/aromatic N) is 1. The quantitative estimate of drug-likeness (QED) is 0.161. The smallest absolute Gasteiger partial charge is 0.343 e. The largest absolute Gasteiger partial charge is 0.494 e. The third kappa shape index (κ3) is 7.18. The van der Waals surface area contributed by atoms with E-state index in [2.05, 4.69) is 26.5 Å². The van der Waals surface area contributed by atoms with Gasteiger partial charge in [-0.15, -0.1) is 0 Å². The fraction of sp³-hybridized carbons (Fsp3) is 0.192. The van der Waals surface area contributed by atoms with Crippen LogP contribution in [0, 0.1) is 0 Å². The predicted octanol–water partition coefficient (Wildman–Crippen LogP) is 5.62. The molecule has 176 valence electrons. The van der Waals surface area contributed by atoms with Gasteiger partial charge in [0.1, 0.15) is 17.2 Å². The maximum atomic E-state index is 12.6. The van der Waals surface area contributed by atoms with E-state index in [1.807, 2.05) is 13.8 Å². The monoisotopic (exact) mass is 524 g/mol. The number of ether oxygens (including phenoxy) is 3. The van der Waals surface area contributed by atoms with Crippen molar-refractivity contribution in [3.8, 4) is 17.2 Å². The summed E-state index contributed by atoms with van der Waals surface area (Å²) in [7, 11) is 0. The van der Waals surface area contributed by atoms with Crippen LogP contribution in [0.3, 0.4) is 0 Å². The van der Waals surface area contributed by atoms with Crippen molar-refractivity contribution in [3.63, 3.8) is 0 Å². The molecule has 34 heavy (non-hydrogen) atoms. The van der Waals surface area contributed by atoms with Crippen molar-refractivity contribution in [2.75, 3.05) is 13.2 Å². The Morgan fingerprint density at radius 3 is 2.21 bits per heavy atom. The van der Waals surface area contributed by atoms with Gasteiger partial charge in [-0.05, 0) is 80.1 Å². The Labute approximate surface area is 206 Å². The summed E-state index contributed by atoms with van der Waals surface area (Å²) in [5, 5.41) is 4.01. The number of hydrogen-bond donors (Lipinski definition) is 1. The molecule has 0 aliphatic carbocycles. The molecule has 7 nitrogen and oxygen atoms in total. The van der Waals surface area contributed by atoms with Gasteiger partial charge < -0.3 is 14.2 Å². The zero-order valence-electron chi connectivity index (χ0n) is 18.9. The normalized spacial score (nSPS) is 10.7. The molecule has 1 amide bonds. The maximum absolute atomic E-state index is 12.6. The number of hydrogen-bond acceptors (Lipinski definition) is 6. The third-order valence-electron chi connectivity index (χ3n) is 4.53. The standard InChI is InChI=1S/C26H25BrN2O5/c1-3-15-33-23-12-7-19(8-13-23)26(31)34-24-14-9-21(27)16-20(24)17-28-29-25(30)18-5-10-22(11-6-18)32-4-2/h5-14,16-17H,3-4,15H2,1-2H3,(H,29,30)/b28-17+. The summed E-state index contributed by atoms with van der Waals surface area (Å²) in [5.74, 6) is 0.790. The summed E-state index contributed by atoms with van der Waals surface area (Å²) in [6.45, 7) is 5.08. The number of carbonyl (C=O) groups is 2. The second-order valence-electron chi connectivity index (χ2n) is 7.10. The van der Waals surface area contributed by atoms with Crippen LogP contribution in [-0.4, -0.2) is 31.3 Å². The summed E-state index contributed by atoms with van der Waals surface area (Å²) in [6.07, 6.45) is 2.32. The molecular weight excluding hydrogens is 500 g/mol. The highest BCUT2D eigenvalue weighted by molar-refractivity contribution is 9.10. The Kier molecular flexibility index (Phi) is 9.22. The molecule has 0 atom stereocenters. The van der Waals surface area contributed by atoms with Crippen LogP contribution < -0.4 is 19.6 Å². The van der Waals surface area contributed by atoms with Crippen LogP contribution in [0.25, 0.3) is 0 Å². The number of carbonyl (C=O) groups excluding carboxylic acids is 2. The van der Waals surface area contributed by atoms with Crippen molar-refractivity contribution >= 4 is 34.0 Å². The van der Waals surface area contributed by atoms with E-state index in [1.54, 1.807) is 66.7 Å². The van der Waals surface area contributed by atoms with Crippen molar-refractivity contribution in [2.45, 2.75) is 20.3 Å². The minimum Gasteiger partial charge on any atom is -0.494 e. The van der Waals surface area contributed by atoms with Gasteiger partial charge in [0.2, 0.25) is 0 Å². The number of hydrazone groups is 1. The SMILES string of the molecule is CCCOc1ccc(C(=O)Oc2ccc(Br)cc2/C=N/NC(=O)c2ccc(OCC)cc2)cc1. The number of rotatable bonds is 10. The lowest BCUT2D eigenvalue weighted by Gasteiger charge is -2.09. The highest BCUT2D eigenvalue weighted by Gasteiger charge is 2.12. The number of esters is 1. The van der Waals surface area contributed by atoms with Crippen LogP contribution in [0.1, 0.15) is 46.5 Å². The Morgan fingerprint density at radius 1 is 0.912 bits per heavy atom. The molecule has 3 aromatic rings. The average molecular weight is 525 g/mol. The second kappa shape index (κ2) is 12.6.